The van der Waals surface area contributed by atoms with Gasteiger partial charge in [0.2, 0.25) is 0 Å². The Labute approximate surface area is 146 Å². The lowest BCUT2D eigenvalue weighted by Crippen LogP contribution is -2.36. The third kappa shape index (κ3) is 5.92. The van der Waals surface area contributed by atoms with Crippen LogP contribution in [-0.2, 0) is 12.8 Å². The van der Waals surface area contributed by atoms with E-state index < -0.39 is 12.7 Å². The van der Waals surface area contributed by atoms with Crippen molar-refractivity contribution in [3.05, 3.63) is 29.3 Å². The van der Waals surface area contributed by atoms with E-state index in [1.54, 1.807) is 0 Å². The molecule has 1 heterocycles. The molecule has 0 aliphatic carbocycles. The number of halogens is 3. The smallest absolute Gasteiger partial charge is 0.338 e. The normalized spacial score (nSPS) is 18.4. The first-order valence-corrected chi connectivity index (χ1v) is 8.77. The number of rotatable bonds is 6. The number of hydrogen-bond donors (Lipinski definition) is 2. The van der Waals surface area contributed by atoms with Crippen LogP contribution < -0.4 is 10.6 Å². The molecule has 1 aliphatic rings. The Bertz CT molecular complexity index is 567. The van der Waals surface area contributed by atoms with E-state index >= 15 is 0 Å². The zero-order chi connectivity index (χ0) is 18.4. The molecule has 1 aromatic rings. The largest absolute Gasteiger partial charge is 0.401 e. The number of carbonyl (C=O) groups excluding carboxylic acids is 1. The molecule has 1 saturated heterocycles. The standard InChI is InChI=1S/C18H26F3N3O/c1-3-14-6-5-7-15(4-2)16(14)23-17(25)22-10-13-8-9-24(11-13)12-18(19,20)21/h5-7,13H,3-4,8-12H2,1-2H3,(H2,22,23,25). The molecule has 25 heavy (non-hydrogen) atoms. The predicted octanol–water partition coefficient (Wildman–Crippen LogP) is 3.82. The molecular weight excluding hydrogens is 331 g/mol. The van der Waals surface area contributed by atoms with Crippen molar-refractivity contribution in [3.8, 4) is 0 Å². The highest BCUT2D eigenvalue weighted by molar-refractivity contribution is 5.91. The van der Waals surface area contributed by atoms with Gasteiger partial charge in [-0.2, -0.15) is 13.2 Å². The van der Waals surface area contributed by atoms with Crippen LogP contribution in [0.4, 0.5) is 23.7 Å². The Balaban J connectivity index is 1.84. The van der Waals surface area contributed by atoms with E-state index in [-0.39, 0.29) is 11.9 Å². The fourth-order valence-corrected chi connectivity index (χ4v) is 3.27. The lowest BCUT2D eigenvalue weighted by Gasteiger charge is -2.18. The molecule has 2 rings (SSSR count). The van der Waals surface area contributed by atoms with Gasteiger partial charge in [0.1, 0.15) is 0 Å². The number of alkyl halides is 3. The number of likely N-dealkylation sites (tertiary alicyclic amines) is 1. The third-order valence-electron chi connectivity index (χ3n) is 4.56. The quantitative estimate of drug-likeness (QED) is 0.813. The van der Waals surface area contributed by atoms with Crippen molar-refractivity contribution >= 4 is 11.7 Å². The SMILES string of the molecule is CCc1cccc(CC)c1NC(=O)NCC1CCN(CC(F)(F)F)C1. The molecule has 0 radical (unpaired) electrons. The third-order valence-corrected chi connectivity index (χ3v) is 4.56. The van der Waals surface area contributed by atoms with Crippen molar-refractivity contribution in [2.75, 3.05) is 31.5 Å². The highest BCUT2D eigenvalue weighted by Crippen LogP contribution is 2.24. The minimum Gasteiger partial charge on any atom is -0.338 e. The van der Waals surface area contributed by atoms with Crippen molar-refractivity contribution in [1.82, 2.24) is 10.2 Å². The van der Waals surface area contributed by atoms with Crippen LogP contribution in [-0.4, -0.2) is 43.3 Å². The monoisotopic (exact) mass is 357 g/mol. The summed E-state index contributed by atoms with van der Waals surface area (Å²) in [5.74, 6) is 0.0557. The fraction of sp³-hybridized carbons (Fsp3) is 0.611. The minimum absolute atomic E-state index is 0.0557. The summed E-state index contributed by atoms with van der Waals surface area (Å²) in [6, 6.07) is 5.65. The molecule has 1 fully saturated rings. The lowest BCUT2D eigenvalue weighted by molar-refractivity contribution is -0.143. The van der Waals surface area contributed by atoms with E-state index in [1.165, 1.54) is 4.90 Å². The maximum absolute atomic E-state index is 12.4. The molecule has 4 nitrogen and oxygen atoms in total. The Hall–Kier alpha value is -1.76. The number of nitrogens with zero attached hydrogens (tertiary/aromatic N) is 1. The number of nitrogens with one attached hydrogen (secondary N) is 2. The number of carbonyl (C=O) groups is 1. The average Bonchev–Trinajstić information content (AvgIpc) is 2.98. The second kappa shape index (κ2) is 8.56. The first kappa shape index (κ1) is 19.6. The molecule has 2 N–H and O–H groups in total. The van der Waals surface area contributed by atoms with Gasteiger partial charge in [0.25, 0.3) is 0 Å². The zero-order valence-corrected chi connectivity index (χ0v) is 14.7. The van der Waals surface area contributed by atoms with Crippen LogP contribution in [0.1, 0.15) is 31.4 Å². The van der Waals surface area contributed by atoms with Gasteiger partial charge in [0.05, 0.1) is 6.54 Å². The summed E-state index contributed by atoms with van der Waals surface area (Å²) in [6.45, 7) is 4.37. The molecule has 140 valence electrons. The van der Waals surface area contributed by atoms with Crippen molar-refractivity contribution in [1.29, 1.82) is 0 Å². The summed E-state index contributed by atoms with van der Waals surface area (Å²) in [7, 11) is 0. The minimum atomic E-state index is -4.17. The molecule has 1 unspecified atom stereocenters. The van der Waals surface area contributed by atoms with Crippen LogP contribution in [0.15, 0.2) is 18.2 Å². The summed E-state index contributed by atoms with van der Waals surface area (Å²) in [4.78, 5) is 13.6. The highest BCUT2D eigenvalue weighted by atomic mass is 19.4. The first-order valence-electron chi connectivity index (χ1n) is 8.77. The topological polar surface area (TPSA) is 44.4 Å². The Morgan fingerprint density at radius 1 is 1.24 bits per heavy atom. The molecule has 2 amide bonds. The van der Waals surface area contributed by atoms with E-state index in [9.17, 15) is 18.0 Å². The molecule has 0 aromatic heterocycles. The number of para-hydroxylation sites is 1. The van der Waals surface area contributed by atoms with Gasteiger partial charge >= 0.3 is 12.2 Å². The molecule has 7 heteroatoms. The summed E-state index contributed by atoms with van der Waals surface area (Å²) >= 11 is 0. The van der Waals surface area contributed by atoms with Gasteiger partial charge in [0.15, 0.2) is 0 Å². The van der Waals surface area contributed by atoms with Gasteiger partial charge in [0, 0.05) is 18.8 Å². The number of hydrogen-bond acceptors (Lipinski definition) is 2. The summed E-state index contributed by atoms with van der Waals surface area (Å²) in [5, 5.41) is 5.71. The van der Waals surface area contributed by atoms with Gasteiger partial charge in [-0.1, -0.05) is 32.0 Å². The number of amides is 2. The zero-order valence-electron chi connectivity index (χ0n) is 14.7. The fourth-order valence-electron chi connectivity index (χ4n) is 3.27. The maximum Gasteiger partial charge on any atom is 0.401 e. The van der Waals surface area contributed by atoms with Gasteiger partial charge < -0.3 is 10.6 Å². The highest BCUT2D eigenvalue weighted by Gasteiger charge is 2.34. The predicted molar refractivity (Wildman–Crippen MR) is 92.8 cm³/mol. The van der Waals surface area contributed by atoms with Crippen LogP contribution in [0.25, 0.3) is 0 Å². The van der Waals surface area contributed by atoms with E-state index in [4.69, 9.17) is 0 Å². The number of anilines is 1. The second-order valence-corrected chi connectivity index (χ2v) is 6.50. The maximum atomic E-state index is 12.4. The molecule has 1 aromatic carbocycles. The molecule has 1 atom stereocenters. The molecular formula is C18H26F3N3O. The summed E-state index contributed by atoms with van der Waals surface area (Å²) < 4.78 is 37.2. The second-order valence-electron chi connectivity index (χ2n) is 6.50. The van der Waals surface area contributed by atoms with Crippen LogP contribution in [0.5, 0.6) is 0 Å². The molecule has 1 aliphatic heterocycles. The van der Waals surface area contributed by atoms with E-state index in [1.807, 2.05) is 32.0 Å². The average molecular weight is 357 g/mol. The Kier molecular flexibility index (Phi) is 6.70. The van der Waals surface area contributed by atoms with Crippen molar-refractivity contribution in [3.63, 3.8) is 0 Å². The summed E-state index contributed by atoms with van der Waals surface area (Å²) in [5.41, 5.74) is 2.99. The van der Waals surface area contributed by atoms with Crippen LogP contribution in [0.3, 0.4) is 0 Å². The summed E-state index contributed by atoms with van der Waals surface area (Å²) in [6.07, 6.45) is -1.86. The number of aryl methyl sites for hydroxylation is 2. The lowest BCUT2D eigenvalue weighted by atomic mass is 10.0. The van der Waals surface area contributed by atoms with Gasteiger partial charge in [-0.3, -0.25) is 4.90 Å². The first-order chi connectivity index (χ1) is 11.8. The van der Waals surface area contributed by atoms with Gasteiger partial charge in [-0.15, -0.1) is 0 Å². The van der Waals surface area contributed by atoms with Crippen LogP contribution >= 0.6 is 0 Å². The molecule has 0 spiro atoms. The Morgan fingerprint density at radius 2 is 1.88 bits per heavy atom. The van der Waals surface area contributed by atoms with E-state index in [0.717, 1.165) is 29.7 Å². The van der Waals surface area contributed by atoms with Gasteiger partial charge in [-0.05, 0) is 42.9 Å². The number of urea groups is 1. The van der Waals surface area contributed by atoms with Crippen molar-refractivity contribution < 1.29 is 18.0 Å². The number of benzene rings is 1. The Morgan fingerprint density at radius 3 is 2.44 bits per heavy atom. The molecule has 0 bridgehead atoms. The van der Waals surface area contributed by atoms with E-state index in [0.29, 0.717) is 26.1 Å². The van der Waals surface area contributed by atoms with Crippen molar-refractivity contribution in [2.45, 2.75) is 39.3 Å². The van der Waals surface area contributed by atoms with Crippen LogP contribution in [0.2, 0.25) is 0 Å². The molecule has 0 saturated carbocycles. The van der Waals surface area contributed by atoms with Gasteiger partial charge in [-0.25, -0.2) is 4.79 Å². The van der Waals surface area contributed by atoms with E-state index in [2.05, 4.69) is 10.6 Å². The van der Waals surface area contributed by atoms with Crippen LogP contribution in [0, 0.1) is 5.92 Å². The van der Waals surface area contributed by atoms with Crippen molar-refractivity contribution in [2.24, 2.45) is 5.92 Å².